The van der Waals surface area contributed by atoms with E-state index >= 15 is 0 Å². The van der Waals surface area contributed by atoms with Crippen LogP contribution in [0.15, 0.2) is 0 Å². The second-order valence-corrected chi connectivity index (χ2v) is 6.18. The van der Waals surface area contributed by atoms with Crippen LogP contribution in [0.1, 0.15) is 13.8 Å². The van der Waals surface area contributed by atoms with Crippen LogP contribution < -0.4 is 0 Å². The summed E-state index contributed by atoms with van der Waals surface area (Å²) in [6, 6.07) is 0. The van der Waals surface area contributed by atoms with Crippen LogP contribution in [0.4, 0.5) is 0 Å². The molecular formula is C7H10Cl2OS. The van der Waals surface area contributed by atoms with Gasteiger partial charge in [0.25, 0.3) is 0 Å². The second-order valence-electron chi connectivity index (χ2n) is 3.34. The molecule has 1 aliphatic carbocycles. The molecule has 0 spiro atoms. The Hall–Kier alpha value is 0.890. The van der Waals surface area contributed by atoms with Crippen molar-refractivity contribution in [1.29, 1.82) is 0 Å². The van der Waals surface area contributed by atoms with Crippen molar-refractivity contribution < 1.29 is 4.74 Å². The van der Waals surface area contributed by atoms with Gasteiger partial charge in [0.05, 0.1) is 11.4 Å². The molecule has 2 unspecified atom stereocenters. The summed E-state index contributed by atoms with van der Waals surface area (Å²) in [5.74, 6) is 0.993. The molecule has 11 heavy (non-hydrogen) atoms. The first kappa shape index (κ1) is 8.49. The standard InChI is InChI=1S/C7H10Cl2OS/c1-5-6(2,7(5,8)9)11-4-3-10-5/h3-4H2,1-2H3. The average molecular weight is 213 g/mol. The Morgan fingerprint density at radius 1 is 1.36 bits per heavy atom. The quantitative estimate of drug-likeness (QED) is 0.571. The van der Waals surface area contributed by atoms with Crippen molar-refractivity contribution >= 4 is 35.0 Å². The molecule has 2 aliphatic rings. The molecule has 1 heterocycles. The Labute approximate surface area is 80.8 Å². The molecule has 2 fully saturated rings. The van der Waals surface area contributed by atoms with Crippen molar-refractivity contribution in [3.05, 3.63) is 0 Å². The zero-order valence-corrected chi connectivity index (χ0v) is 8.81. The fourth-order valence-corrected chi connectivity index (χ4v) is 4.27. The number of alkyl halides is 2. The molecule has 1 nitrogen and oxygen atoms in total. The van der Waals surface area contributed by atoms with Gasteiger partial charge in [-0.2, -0.15) is 0 Å². The summed E-state index contributed by atoms with van der Waals surface area (Å²) in [6.07, 6.45) is 0. The summed E-state index contributed by atoms with van der Waals surface area (Å²) < 4.78 is 4.78. The van der Waals surface area contributed by atoms with E-state index in [0.29, 0.717) is 0 Å². The second kappa shape index (κ2) is 2.03. The number of hydrogen-bond acceptors (Lipinski definition) is 2. The number of thioether (sulfide) groups is 1. The highest BCUT2D eigenvalue weighted by Crippen LogP contribution is 2.74. The van der Waals surface area contributed by atoms with E-state index in [0.717, 1.165) is 12.4 Å². The lowest BCUT2D eigenvalue weighted by Gasteiger charge is -2.22. The lowest BCUT2D eigenvalue weighted by Crippen LogP contribution is -2.27. The molecule has 0 radical (unpaired) electrons. The monoisotopic (exact) mass is 212 g/mol. The SMILES string of the molecule is CC12OCCSC1(C)C2(Cl)Cl. The molecular weight excluding hydrogens is 203 g/mol. The van der Waals surface area contributed by atoms with Gasteiger partial charge in [0, 0.05) is 5.75 Å². The van der Waals surface area contributed by atoms with E-state index in [-0.39, 0.29) is 10.3 Å². The highest BCUT2D eigenvalue weighted by Gasteiger charge is 2.85. The van der Waals surface area contributed by atoms with Gasteiger partial charge >= 0.3 is 0 Å². The number of rotatable bonds is 0. The molecule has 4 heteroatoms. The van der Waals surface area contributed by atoms with Gasteiger partial charge in [-0.1, -0.05) is 23.2 Å². The van der Waals surface area contributed by atoms with Crippen molar-refractivity contribution in [2.24, 2.45) is 0 Å². The van der Waals surface area contributed by atoms with Crippen LogP contribution in [-0.4, -0.2) is 27.0 Å². The van der Waals surface area contributed by atoms with Crippen molar-refractivity contribution in [2.45, 2.75) is 28.5 Å². The minimum Gasteiger partial charge on any atom is -0.370 e. The molecule has 2 atom stereocenters. The molecule has 0 N–H and O–H groups in total. The van der Waals surface area contributed by atoms with E-state index in [9.17, 15) is 0 Å². The van der Waals surface area contributed by atoms with Crippen LogP contribution in [-0.2, 0) is 4.74 Å². The third-order valence-electron chi connectivity index (χ3n) is 2.91. The van der Waals surface area contributed by atoms with Gasteiger partial charge in [-0.15, -0.1) is 11.8 Å². The Bertz CT molecular complexity index is 189. The third kappa shape index (κ3) is 0.707. The predicted octanol–water partition coefficient (Wildman–Crippen LogP) is 2.45. The first-order valence-corrected chi connectivity index (χ1v) is 5.36. The Kier molecular flexibility index (Phi) is 1.57. The molecule has 0 aromatic rings. The molecule has 0 bridgehead atoms. The number of halogens is 2. The fourth-order valence-electron chi connectivity index (χ4n) is 1.69. The number of hydrogen-bond donors (Lipinski definition) is 0. The summed E-state index contributed by atoms with van der Waals surface area (Å²) in [5, 5.41) is 0. The van der Waals surface area contributed by atoms with Gasteiger partial charge in [-0.05, 0) is 13.8 Å². The minimum absolute atomic E-state index is 0.0959. The van der Waals surface area contributed by atoms with Gasteiger partial charge in [0.1, 0.15) is 5.60 Å². The third-order valence-corrected chi connectivity index (χ3v) is 6.26. The smallest absolute Gasteiger partial charge is 0.165 e. The Morgan fingerprint density at radius 2 is 2.00 bits per heavy atom. The lowest BCUT2D eigenvalue weighted by molar-refractivity contribution is 0.0444. The van der Waals surface area contributed by atoms with E-state index in [2.05, 4.69) is 6.92 Å². The maximum Gasteiger partial charge on any atom is 0.165 e. The Balaban J connectivity index is 2.33. The predicted molar refractivity (Wildman–Crippen MR) is 49.7 cm³/mol. The summed E-state index contributed by atoms with van der Waals surface area (Å²) >= 11 is 14.0. The van der Waals surface area contributed by atoms with Crippen LogP contribution in [0.2, 0.25) is 0 Å². The van der Waals surface area contributed by atoms with Gasteiger partial charge in [0.2, 0.25) is 0 Å². The maximum atomic E-state index is 6.12. The van der Waals surface area contributed by atoms with E-state index in [1.54, 1.807) is 0 Å². The van der Waals surface area contributed by atoms with Crippen molar-refractivity contribution in [2.75, 3.05) is 12.4 Å². The summed E-state index contributed by atoms with van der Waals surface area (Å²) in [7, 11) is 0. The molecule has 64 valence electrons. The minimum atomic E-state index is -0.693. The van der Waals surface area contributed by atoms with Crippen LogP contribution in [0, 0.1) is 0 Å². The van der Waals surface area contributed by atoms with Crippen molar-refractivity contribution in [1.82, 2.24) is 0 Å². The van der Waals surface area contributed by atoms with Crippen molar-refractivity contribution in [3.8, 4) is 0 Å². The largest absolute Gasteiger partial charge is 0.370 e. The van der Waals surface area contributed by atoms with E-state index < -0.39 is 4.33 Å². The fraction of sp³-hybridized carbons (Fsp3) is 1.00. The first-order chi connectivity index (χ1) is 4.96. The Morgan fingerprint density at radius 3 is 2.36 bits per heavy atom. The normalized spacial score (nSPS) is 53.5. The van der Waals surface area contributed by atoms with Gasteiger partial charge in [-0.3, -0.25) is 0 Å². The van der Waals surface area contributed by atoms with Gasteiger partial charge in [-0.25, -0.2) is 0 Å². The van der Waals surface area contributed by atoms with Crippen molar-refractivity contribution in [3.63, 3.8) is 0 Å². The molecule has 0 aromatic heterocycles. The summed E-state index contributed by atoms with van der Waals surface area (Å²) in [5.41, 5.74) is -0.327. The summed E-state index contributed by atoms with van der Waals surface area (Å²) in [6.45, 7) is 4.81. The van der Waals surface area contributed by atoms with Gasteiger partial charge in [0.15, 0.2) is 4.33 Å². The number of ether oxygens (including phenoxy) is 1. The molecule has 1 saturated heterocycles. The zero-order valence-electron chi connectivity index (χ0n) is 6.49. The van der Waals surface area contributed by atoms with Crippen LogP contribution >= 0.6 is 35.0 Å². The van der Waals surface area contributed by atoms with Crippen LogP contribution in [0.3, 0.4) is 0 Å². The molecule has 0 amide bonds. The maximum absolute atomic E-state index is 6.12. The molecule has 1 saturated carbocycles. The molecule has 0 aromatic carbocycles. The van der Waals surface area contributed by atoms with E-state index in [1.807, 2.05) is 18.7 Å². The zero-order chi connectivity index (χ0) is 8.33. The highest BCUT2D eigenvalue weighted by molar-refractivity contribution is 8.01. The lowest BCUT2D eigenvalue weighted by atomic mass is 10.3. The van der Waals surface area contributed by atoms with Gasteiger partial charge < -0.3 is 4.74 Å². The average Bonchev–Trinajstić information content (AvgIpc) is 2.28. The first-order valence-electron chi connectivity index (χ1n) is 3.61. The van der Waals surface area contributed by atoms with Crippen LogP contribution in [0.5, 0.6) is 0 Å². The number of fused-ring (bicyclic) bond motifs is 1. The highest BCUT2D eigenvalue weighted by atomic mass is 35.5. The molecule has 1 aliphatic heterocycles. The molecule has 2 rings (SSSR count). The van der Waals surface area contributed by atoms with E-state index in [4.69, 9.17) is 27.9 Å². The topological polar surface area (TPSA) is 9.23 Å². The summed E-state index contributed by atoms with van der Waals surface area (Å²) in [4.78, 5) is 0. The van der Waals surface area contributed by atoms with Crippen LogP contribution in [0.25, 0.3) is 0 Å². The van der Waals surface area contributed by atoms with E-state index in [1.165, 1.54) is 0 Å².